The zero-order chi connectivity index (χ0) is 44.6. The van der Waals surface area contributed by atoms with Gasteiger partial charge in [-0.2, -0.15) is 0 Å². The van der Waals surface area contributed by atoms with E-state index in [-0.39, 0.29) is 0 Å². The van der Waals surface area contributed by atoms with E-state index in [9.17, 15) is 0 Å². The van der Waals surface area contributed by atoms with Crippen LogP contribution in [0, 0.1) is 0 Å². The molecule has 10 aromatic carbocycles. The molecule has 68 heavy (non-hydrogen) atoms. The third-order valence-electron chi connectivity index (χ3n) is 14.5. The van der Waals surface area contributed by atoms with Crippen LogP contribution in [0.3, 0.4) is 0 Å². The summed E-state index contributed by atoms with van der Waals surface area (Å²) in [6.45, 7) is 0. The summed E-state index contributed by atoms with van der Waals surface area (Å²) in [4.78, 5) is 9.85. The molecule has 0 radical (unpaired) electrons. The summed E-state index contributed by atoms with van der Waals surface area (Å²) in [5, 5.41) is 8.85. The molecular formula is C58H34N4O2P2S2. The molecule has 2 unspecified atom stereocenters. The van der Waals surface area contributed by atoms with Gasteiger partial charge in [-0.15, -0.1) is 0 Å². The number of hydrogen-bond donors (Lipinski definition) is 0. The van der Waals surface area contributed by atoms with Gasteiger partial charge in [0.15, 0.2) is 0 Å². The van der Waals surface area contributed by atoms with Crippen LogP contribution in [0.25, 0.3) is 10.8 Å². The summed E-state index contributed by atoms with van der Waals surface area (Å²) in [6.07, 6.45) is 0. The molecule has 10 aromatic rings. The number of rotatable bonds is 4. The zero-order valence-electron chi connectivity index (χ0n) is 35.9. The Bertz CT molecular complexity index is 3720. The van der Waals surface area contributed by atoms with Crippen LogP contribution >= 0.6 is 12.1 Å². The lowest BCUT2D eigenvalue weighted by Gasteiger charge is -2.51. The smallest absolute Gasteiger partial charge is 0.138 e. The van der Waals surface area contributed by atoms with Crippen LogP contribution in [-0.2, 0) is 23.6 Å². The predicted octanol–water partition coefficient (Wildman–Crippen LogP) is 13.7. The lowest BCUT2D eigenvalue weighted by Crippen LogP contribution is -2.47. The minimum atomic E-state index is -2.89. The molecular weight excluding hydrogens is 911 g/mol. The minimum Gasteiger partial charge on any atom is -0.456 e. The fourth-order valence-corrected chi connectivity index (χ4v) is 22.4. The maximum atomic E-state index is 7.59. The van der Waals surface area contributed by atoms with E-state index in [1.807, 2.05) is 0 Å². The van der Waals surface area contributed by atoms with Crippen molar-refractivity contribution in [2.75, 3.05) is 19.6 Å². The Kier molecular flexibility index (Phi) is 7.28. The van der Waals surface area contributed by atoms with Crippen LogP contribution in [0.2, 0.25) is 0 Å². The third-order valence-corrected chi connectivity index (χ3v) is 24.2. The second-order valence-corrected chi connectivity index (χ2v) is 26.3. The summed E-state index contributed by atoms with van der Waals surface area (Å²) in [5.74, 6) is 3.28. The molecule has 0 saturated heterocycles. The predicted molar refractivity (Wildman–Crippen MR) is 289 cm³/mol. The van der Waals surface area contributed by atoms with Crippen molar-refractivity contribution in [1.29, 1.82) is 0 Å². The van der Waals surface area contributed by atoms with E-state index in [4.69, 9.17) is 33.1 Å². The van der Waals surface area contributed by atoms with Gasteiger partial charge < -0.3 is 29.1 Å². The molecule has 6 aliphatic heterocycles. The topological polar surface area (TPSA) is 31.4 Å². The number of fused-ring (bicyclic) bond motifs is 3. The number of hydrogen-bond acceptors (Lipinski definition) is 8. The van der Waals surface area contributed by atoms with Gasteiger partial charge in [0.25, 0.3) is 0 Å². The summed E-state index contributed by atoms with van der Waals surface area (Å²) >= 11 is 15.2. The molecule has 0 bridgehead atoms. The van der Waals surface area contributed by atoms with E-state index in [0.717, 1.165) is 134 Å². The van der Waals surface area contributed by atoms with Gasteiger partial charge in [0.2, 0.25) is 0 Å². The monoisotopic (exact) mass is 944 g/mol. The van der Waals surface area contributed by atoms with E-state index in [2.05, 4.69) is 226 Å². The Morgan fingerprint density at radius 2 is 0.588 bits per heavy atom. The molecule has 0 aromatic heterocycles. The van der Waals surface area contributed by atoms with Crippen molar-refractivity contribution in [1.82, 2.24) is 0 Å². The van der Waals surface area contributed by atoms with E-state index < -0.39 is 12.1 Å². The van der Waals surface area contributed by atoms with Gasteiger partial charge in [-0.3, -0.25) is 0 Å². The number of anilines is 12. The molecule has 0 spiro atoms. The van der Waals surface area contributed by atoms with Crippen molar-refractivity contribution in [3.8, 4) is 23.0 Å². The van der Waals surface area contributed by atoms with Gasteiger partial charge in [0.05, 0.1) is 78.8 Å². The van der Waals surface area contributed by atoms with Gasteiger partial charge >= 0.3 is 0 Å². The fourth-order valence-electron chi connectivity index (χ4n) is 12.0. The maximum Gasteiger partial charge on any atom is 0.138 e. The second kappa shape index (κ2) is 13.2. The Hall–Kier alpha value is -7.44. The third kappa shape index (κ3) is 4.46. The molecule has 6 heterocycles. The van der Waals surface area contributed by atoms with Crippen LogP contribution < -0.4 is 60.9 Å². The molecule has 6 nitrogen and oxygen atoms in total. The van der Waals surface area contributed by atoms with Crippen molar-refractivity contribution in [3.05, 3.63) is 206 Å². The van der Waals surface area contributed by atoms with Gasteiger partial charge in [-0.25, -0.2) is 0 Å². The molecule has 0 amide bonds. The first-order valence-corrected chi connectivity index (χ1v) is 28.3. The van der Waals surface area contributed by atoms with Crippen LogP contribution in [0.4, 0.5) is 68.2 Å². The van der Waals surface area contributed by atoms with Crippen LogP contribution in [0.1, 0.15) is 0 Å². The first-order valence-electron chi connectivity index (χ1n) is 22.7. The van der Waals surface area contributed by atoms with E-state index in [0.29, 0.717) is 0 Å². The average Bonchev–Trinajstić information content (AvgIpc) is 3.37. The number of ether oxygens (including phenoxy) is 2. The molecule has 0 aliphatic carbocycles. The highest BCUT2D eigenvalue weighted by atomic mass is 32.4. The van der Waals surface area contributed by atoms with Crippen molar-refractivity contribution >= 4 is 147 Å². The van der Waals surface area contributed by atoms with Crippen molar-refractivity contribution in [3.63, 3.8) is 0 Å². The Balaban J connectivity index is 1.18. The molecule has 6 aliphatic rings. The molecule has 0 saturated carbocycles. The lowest BCUT2D eigenvalue weighted by molar-refractivity contribution is 0.488. The lowest BCUT2D eigenvalue weighted by atomic mass is 9.97. The molecule has 10 heteroatoms. The normalized spacial score (nSPS) is 18.6. The summed E-state index contributed by atoms with van der Waals surface area (Å²) in [5.41, 5.74) is 12.7. The zero-order valence-corrected chi connectivity index (χ0v) is 39.4. The van der Waals surface area contributed by atoms with Crippen LogP contribution in [0.5, 0.6) is 23.0 Å². The highest BCUT2D eigenvalue weighted by Crippen LogP contribution is 2.71. The van der Waals surface area contributed by atoms with Crippen molar-refractivity contribution < 1.29 is 9.47 Å². The maximum absolute atomic E-state index is 7.59. The summed E-state index contributed by atoms with van der Waals surface area (Å²) < 4.78 is 14.0. The summed E-state index contributed by atoms with van der Waals surface area (Å²) in [7, 11) is 0. The van der Waals surface area contributed by atoms with E-state index in [1.165, 1.54) is 0 Å². The Morgan fingerprint density at radius 1 is 0.294 bits per heavy atom. The minimum absolute atomic E-state index is 0.820. The summed E-state index contributed by atoms with van der Waals surface area (Å²) in [6, 6.07) is 68.1. The van der Waals surface area contributed by atoms with Gasteiger partial charge in [0.1, 0.15) is 23.0 Å². The molecule has 0 fully saturated rings. The molecule has 2 atom stereocenters. The Labute approximate surface area is 402 Å². The van der Waals surface area contributed by atoms with E-state index in [1.54, 1.807) is 0 Å². The quantitative estimate of drug-likeness (QED) is 0.161. The highest BCUT2D eigenvalue weighted by Gasteiger charge is 2.55. The van der Waals surface area contributed by atoms with Crippen LogP contribution in [-0.4, -0.2) is 0 Å². The van der Waals surface area contributed by atoms with Crippen LogP contribution in [0.15, 0.2) is 206 Å². The average molecular weight is 945 g/mol. The number of benzene rings is 10. The van der Waals surface area contributed by atoms with Gasteiger partial charge in [-0.05, 0) is 115 Å². The SMILES string of the molecule is S=P12c3c4cccc3N(c3ccccc3)c3cc5cc6c7c(c5c(c31)N(c1ccccc1)c1cccc(c12)O4)N(c1ccccc1)c1cccc2c1P7(=S)c1c(cccc1N6c1ccccc1)O2. The second-order valence-electron chi connectivity index (χ2n) is 17.9. The Morgan fingerprint density at radius 3 is 0.912 bits per heavy atom. The van der Waals surface area contributed by atoms with Gasteiger partial charge in [-0.1, -0.05) is 121 Å². The van der Waals surface area contributed by atoms with Crippen molar-refractivity contribution in [2.24, 2.45) is 0 Å². The molecule has 320 valence electrons. The molecule has 16 rings (SSSR count). The van der Waals surface area contributed by atoms with Gasteiger partial charge in [0, 0.05) is 38.7 Å². The van der Waals surface area contributed by atoms with Crippen molar-refractivity contribution in [2.45, 2.75) is 0 Å². The largest absolute Gasteiger partial charge is 0.456 e. The highest BCUT2D eigenvalue weighted by molar-refractivity contribution is 8.27. The first kappa shape index (κ1) is 37.6. The molecule has 0 N–H and O–H groups in total. The standard InChI is InChI=1S/C58H34N4O2P2S2/c67-65-53-40-25-13-29-46(53)63-48-31-15-27-42(55(48)65)61(38-21-9-3-10-22-38)51-50-35(33-44(57(51)65)59(40)36-17-5-1-6-18-36)34-45-58-52(50)62(39-23-11-4-12-24-39)43-28-16-32-49-56(43)66(58,68)54-41(26-14-30-47(54)64-49)60(45)37-19-7-2-8-20-37/h1-34H. The number of nitrogens with zero attached hydrogens (tertiary/aromatic N) is 4. The van der Waals surface area contributed by atoms with E-state index >= 15 is 0 Å². The number of para-hydroxylation sites is 4. The fraction of sp³-hybridized carbons (Fsp3) is 0. The first-order chi connectivity index (χ1) is 33.5.